The number of hydrogen-bond acceptors (Lipinski definition) is 13. The third kappa shape index (κ3) is 10.4. The van der Waals surface area contributed by atoms with Gasteiger partial charge in [0, 0.05) is 39.8 Å². The Balaban J connectivity index is 1.80. The lowest BCUT2D eigenvalue weighted by Gasteiger charge is -2.44. The van der Waals surface area contributed by atoms with E-state index in [1.54, 1.807) is 0 Å². The summed E-state index contributed by atoms with van der Waals surface area (Å²) in [6.45, 7) is 7.79. The SMILES string of the molecule is COc1cc(C(=O)NCCCN2CCCCC2)ccc1OC1O[C@H](COC(C)=O)[C@@H](OC(C)=O)[C@H](OC(C)=O)[C@H]1OC(C)=O. The molecule has 0 spiro atoms. The van der Waals surface area contributed by atoms with Crippen LogP contribution < -0.4 is 14.8 Å². The van der Waals surface area contributed by atoms with E-state index in [1.165, 1.54) is 51.5 Å². The molecule has 2 saturated heterocycles. The molecule has 0 radical (unpaired) electrons. The van der Waals surface area contributed by atoms with E-state index >= 15 is 0 Å². The molecule has 44 heavy (non-hydrogen) atoms. The van der Waals surface area contributed by atoms with E-state index < -0.39 is 61.2 Å². The van der Waals surface area contributed by atoms with Crippen molar-refractivity contribution >= 4 is 29.8 Å². The molecule has 1 aromatic rings. The van der Waals surface area contributed by atoms with Gasteiger partial charge in [-0.2, -0.15) is 0 Å². The molecular weight excluding hydrogens is 580 g/mol. The van der Waals surface area contributed by atoms with Crippen LogP contribution >= 0.6 is 0 Å². The van der Waals surface area contributed by atoms with Crippen molar-refractivity contribution in [3.8, 4) is 11.5 Å². The monoisotopic (exact) mass is 622 g/mol. The highest BCUT2D eigenvalue weighted by Crippen LogP contribution is 2.35. The van der Waals surface area contributed by atoms with Crippen molar-refractivity contribution in [1.82, 2.24) is 10.2 Å². The van der Waals surface area contributed by atoms with Crippen molar-refractivity contribution < 1.29 is 57.1 Å². The smallest absolute Gasteiger partial charge is 0.303 e. The van der Waals surface area contributed by atoms with Gasteiger partial charge in [0.15, 0.2) is 23.7 Å². The highest BCUT2D eigenvalue weighted by molar-refractivity contribution is 5.94. The molecule has 244 valence electrons. The molecule has 1 N–H and O–H groups in total. The van der Waals surface area contributed by atoms with Crippen molar-refractivity contribution in [2.24, 2.45) is 0 Å². The molecule has 1 aromatic carbocycles. The summed E-state index contributed by atoms with van der Waals surface area (Å²) in [6, 6.07) is 4.50. The molecule has 0 aliphatic carbocycles. The zero-order valence-corrected chi connectivity index (χ0v) is 25.8. The first-order chi connectivity index (χ1) is 21.0. The van der Waals surface area contributed by atoms with Crippen LogP contribution in [0.25, 0.3) is 0 Å². The Morgan fingerprint density at radius 2 is 1.48 bits per heavy atom. The minimum Gasteiger partial charge on any atom is -0.493 e. The first-order valence-corrected chi connectivity index (χ1v) is 14.6. The Morgan fingerprint density at radius 1 is 0.841 bits per heavy atom. The van der Waals surface area contributed by atoms with Crippen molar-refractivity contribution in [3.63, 3.8) is 0 Å². The van der Waals surface area contributed by atoms with E-state index in [0.717, 1.165) is 46.8 Å². The Hall–Kier alpha value is -3.91. The van der Waals surface area contributed by atoms with Crippen LogP contribution in [0.4, 0.5) is 0 Å². The quantitative estimate of drug-likeness (QED) is 0.192. The molecule has 3 rings (SSSR count). The van der Waals surface area contributed by atoms with Gasteiger partial charge in [0.05, 0.1) is 7.11 Å². The van der Waals surface area contributed by atoms with Crippen molar-refractivity contribution in [1.29, 1.82) is 0 Å². The maximum Gasteiger partial charge on any atom is 0.303 e. The maximum atomic E-state index is 12.8. The predicted molar refractivity (Wildman–Crippen MR) is 153 cm³/mol. The lowest BCUT2D eigenvalue weighted by Crippen LogP contribution is -2.63. The molecule has 2 aliphatic rings. The topological polar surface area (TPSA) is 165 Å². The zero-order valence-electron chi connectivity index (χ0n) is 25.8. The number of likely N-dealkylation sites (tertiary alicyclic amines) is 1. The number of carbonyl (C=O) groups excluding carboxylic acids is 5. The fourth-order valence-electron chi connectivity index (χ4n) is 5.10. The highest BCUT2D eigenvalue weighted by Gasteiger charge is 2.53. The fourth-order valence-corrected chi connectivity index (χ4v) is 5.10. The normalized spacial score (nSPS) is 23.5. The Kier molecular flexibility index (Phi) is 13.2. The summed E-state index contributed by atoms with van der Waals surface area (Å²) in [7, 11) is 1.38. The lowest BCUT2D eigenvalue weighted by molar-refractivity contribution is -0.288. The van der Waals surface area contributed by atoms with E-state index in [1.807, 2.05) is 0 Å². The summed E-state index contributed by atoms with van der Waals surface area (Å²) in [5.74, 6) is -2.93. The summed E-state index contributed by atoms with van der Waals surface area (Å²) >= 11 is 0. The summed E-state index contributed by atoms with van der Waals surface area (Å²) in [4.78, 5) is 62.9. The number of methoxy groups -OCH3 is 1. The van der Waals surface area contributed by atoms with Crippen LogP contribution in [0, 0.1) is 0 Å². The number of piperidine rings is 1. The second-order valence-electron chi connectivity index (χ2n) is 10.6. The summed E-state index contributed by atoms with van der Waals surface area (Å²) < 4.78 is 38.9. The molecule has 1 amide bonds. The number of benzene rings is 1. The van der Waals surface area contributed by atoms with Crippen LogP contribution in [0.5, 0.6) is 11.5 Å². The zero-order chi connectivity index (χ0) is 32.2. The molecule has 5 atom stereocenters. The number of hydrogen-bond donors (Lipinski definition) is 1. The molecule has 1 unspecified atom stereocenters. The fraction of sp³-hybridized carbons (Fsp3) is 0.633. The Labute approximate surface area is 256 Å². The molecule has 2 fully saturated rings. The van der Waals surface area contributed by atoms with Gasteiger partial charge in [-0.25, -0.2) is 0 Å². The van der Waals surface area contributed by atoms with Gasteiger partial charge < -0.3 is 43.4 Å². The predicted octanol–water partition coefficient (Wildman–Crippen LogP) is 1.76. The highest BCUT2D eigenvalue weighted by atomic mass is 16.7. The molecule has 2 heterocycles. The second-order valence-corrected chi connectivity index (χ2v) is 10.6. The van der Waals surface area contributed by atoms with E-state index in [0.29, 0.717) is 12.1 Å². The van der Waals surface area contributed by atoms with E-state index in [2.05, 4.69) is 10.2 Å². The van der Waals surface area contributed by atoms with Crippen LogP contribution in [0.1, 0.15) is 63.7 Å². The molecule has 0 bridgehead atoms. The van der Waals surface area contributed by atoms with Gasteiger partial charge in [-0.05, 0) is 57.1 Å². The molecule has 14 nitrogen and oxygen atoms in total. The van der Waals surface area contributed by atoms with Gasteiger partial charge in [0.1, 0.15) is 12.7 Å². The number of nitrogens with one attached hydrogen (secondary N) is 1. The molecular formula is C30H42N2O12. The minimum absolute atomic E-state index is 0.107. The van der Waals surface area contributed by atoms with Crippen LogP contribution in [0.15, 0.2) is 18.2 Å². The first kappa shape index (κ1) is 34.6. The van der Waals surface area contributed by atoms with Crippen LogP contribution in [0.3, 0.4) is 0 Å². The number of esters is 4. The molecule has 0 saturated carbocycles. The van der Waals surface area contributed by atoms with Crippen molar-refractivity contribution in [2.75, 3.05) is 39.9 Å². The minimum atomic E-state index is -1.45. The maximum absolute atomic E-state index is 12.8. The Bertz CT molecular complexity index is 1170. The van der Waals surface area contributed by atoms with Crippen molar-refractivity contribution in [2.45, 2.75) is 84.1 Å². The van der Waals surface area contributed by atoms with E-state index in [4.69, 9.17) is 33.2 Å². The summed E-state index contributed by atoms with van der Waals surface area (Å²) in [5.41, 5.74) is 0.328. The third-order valence-corrected chi connectivity index (χ3v) is 7.00. The van der Waals surface area contributed by atoms with Gasteiger partial charge in [-0.3, -0.25) is 24.0 Å². The Morgan fingerprint density at radius 3 is 2.09 bits per heavy atom. The third-order valence-electron chi connectivity index (χ3n) is 7.00. The number of carbonyl (C=O) groups is 5. The van der Waals surface area contributed by atoms with Crippen LogP contribution in [-0.2, 0) is 42.9 Å². The lowest BCUT2D eigenvalue weighted by atomic mass is 9.98. The number of ether oxygens (including phenoxy) is 7. The average Bonchev–Trinajstić information content (AvgIpc) is 2.97. The summed E-state index contributed by atoms with van der Waals surface area (Å²) in [6.07, 6.45) is -2.24. The standard InChI is InChI=1S/C30H42N2O12/c1-18(33)39-17-25-26(40-19(2)34)27(41-20(3)35)28(42-21(4)36)30(44-25)43-23-11-10-22(16-24(23)38-5)29(37)31-12-9-15-32-13-7-6-8-14-32/h10-11,16,25-28,30H,6-9,12-15,17H2,1-5H3,(H,31,37)/t25-,26-,27+,28-,30?/m1/s1. The van der Waals surface area contributed by atoms with Gasteiger partial charge in [-0.1, -0.05) is 6.42 Å². The van der Waals surface area contributed by atoms with Gasteiger partial charge in [0.2, 0.25) is 12.4 Å². The van der Waals surface area contributed by atoms with E-state index in [9.17, 15) is 24.0 Å². The van der Waals surface area contributed by atoms with Gasteiger partial charge in [0.25, 0.3) is 5.91 Å². The molecule has 2 aliphatic heterocycles. The largest absolute Gasteiger partial charge is 0.493 e. The number of nitrogens with zero attached hydrogens (tertiary/aromatic N) is 1. The van der Waals surface area contributed by atoms with E-state index in [-0.39, 0.29) is 17.4 Å². The molecule has 0 aromatic heterocycles. The van der Waals surface area contributed by atoms with Crippen LogP contribution in [0.2, 0.25) is 0 Å². The van der Waals surface area contributed by atoms with Gasteiger partial charge in [-0.15, -0.1) is 0 Å². The summed E-state index contributed by atoms with van der Waals surface area (Å²) in [5, 5.41) is 2.92. The average molecular weight is 623 g/mol. The second kappa shape index (κ2) is 16.8. The van der Waals surface area contributed by atoms with Crippen molar-refractivity contribution in [3.05, 3.63) is 23.8 Å². The first-order valence-electron chi connectivity index (χ1n) is 14.6. The number of amides is 1. The van der Waals surface area contributed by atoms with Crippen LogP contribution in [-0.4, -0.2) is 105 Å². The molecule has 14 heteroatoms. The number of rotatable bonds is 13. The van der Waals surface area contributed by atoms with Gasteiger partial charge >= 0.3 is 23.9 Å².